The van der Waals surface area contributed by atoms with E-state index in [2.05, 4.69) is 11.9 Å². The van der Waals surface area contributed by atoms with Crippen LogP contribution >= 0.6 is 0 Å². The number of alkyl halides is 1. The van der Waals surface area contributed by atoms with Crippen LogP contribution < -0.4 is 11.1 Å². The standard InChI is InChI=1S/C15H19B3FN3O6/c1-6(2)8(20)11(25)27-15(17,18)13(19)9(23)10(24)14(16,28-13)22-5-4-7(3)21-12(22)26/h4-6,8-10,23-24H,3,20H2,1-2H3,(H,21,26)/t8-,9-,10+,13-,14-/m0/s1. The highest BCUT2D eigenvalue weighted by Gasteiger charge is 2.69. The molecule has 0 unspecified atom stereocenters. The Bertz CT molecular complexity index is 723. The number of carbonyl (C=O) groups is 2. The van der Waals surface area contributed by atoms with Gasteiger partial charge < -0.3 is 30.7 Å². The van der Waals surface area contributed by atoms with Gasteiger partial charge in [0.15, 0.2) is 0 Å². The second-order valence-corrected chi connectivity index (χ2v) is 7.01. The number of rotatable bonds is 5. The Balaban J connectivity index is 2.35. The fourth-order valence-electron chi connectivity index (χ4n) is 2.61. The van der Waals surface area contributed by atoms with Crippen molar-refractivity contribution in [3.05, 3.63) is 24.6 Å². The number of hydrogen-bond acceptors (Lipinski definition) is 7. The average Bonchev–Trinajstić information content (AvgIpc) is 2.75. The lowest BCUT2D eigenvalue weighted by Crippen LogP contribution is -2.63. The average molecular weight is 389 g/mol. The zero-order chi connectivity index (χ0) is 21.7. The number of aliphatic hydroxyl groups excluding tert-OH is 2. The Morgan fingerprint density at radius 1 is 1.50 bits per heavy atom. The number of halogens is 1. The molecule has 146 valence electrons. The van der Waals surface area contributed by atoms with Crippen LogP contribution in [0.3, 0.4) is 0 Å². The summed E-state index contributed by atoms with van der Waals surface area (Å²) in [5.41, 5.74) is 3.15. The number of carbonyl (C=O) groups excluding carboxylic acids is 2. The predicted octanol–water partition coefficient (Wildman–Crippen LogP) is -2.20. The van der Waals surface area contributed by atoms with Crippen molar-refractivity contribution in [1.29, 1.82) is 0 Å². The van der Waals surface area contributed by atoms with E-state index < -0.39 is 53.0 Å². The summed E-state index contributed by atoms with van der Waals surface area (Å²) in [4.78, 5) is 24.7. The molecule has 2 heterocycles. The van der Waals surface area contributed by atoms with Crippen LogP contribution in [0.25, 0.3) is 0 Å². The summed E-state index contributed by atoms with van der Waals surface area (Å²) >= 11 is 0. The molecule has 0 bridgehead atoms. The van der Waals surface area contributed by atoms with Gasteiger partial charge in [0.2, 0.25) is 0 Å². The Morgan fingerprint density at radius 3 is 2.57 bits per heavy atom. The number of allylic oxidation sites excluding steroid dienone is 1. The van der Waals surface area contributed by atoms with Crippen LogP contribution in [0, 0.1) is 5.92 Å². The van der Waals surface area contributed by atoms with E-state index in [4.69, 9.17) is 38.7 Å². The minimum Gasteiger partial charge on any atom is -0.473 e. The third kappa shape index (κ3) is 3.47. The van der Waals surface area contributed by atoms with Gasteiger partial charge in [-0.3, -0.25) is 9.69 Å². The highest BCUT2D eigenvalue weighted by atomic mass is 19.2. The van der Waals surface area contributed by atoms with E-state index >= 15 is 4.39 Å². The molecule has 6 radical (unpaired) electrons. The largest absolute Gasteiger partial charge is 0.473 e. The van der Waals surface area contributed by atoms with Crippen LogP contribution in [-0.2, 0) is 14.3 Å². The van der Waals surface area contributed by atoms with Crippen molar-refractivity contribution in [3.63, 3.8) is 0 Å². The molecular formula is C15H19B3FN3O6. The van der Waals surface area contributed by atoms with Crippen LogP contribution in [-0.4, -0.2) is 85.8 Å². The van der Waals surface area contributed by atoms with Gasteiger partial charge in [-0.1, -0.05) is 20.4 Å². The molecule has 2 rings (SSSR count). The minimum absolute atomic E-state index is 0.188. The molecule has 0 aromatic carbocycles. The fourth-order valence-corrected chi connectivity index (χ4v) is 2.61. The van der Waals surface area contributed by atoms with Crippen molar-refractivity contribution in [3.8, 4) is 0 Å². The first kappa shape index (κ1) is 22.5. The van der Waals surface area contributed by atoms with Gasteiger partial charge in [0.25, 0.3) is 5.85 Å². The van der Waals surface area contributed by atoms with E-state index in [9.17, 15) is 19.8 Å². The smallest absolute Gasteiger partial charge is 0.327 e. The quantitative estimate of drug-likeness (QED) is 0.310. The fraction of sp³-hybridized carbons (Fsp3) is 0.600. The number of esters is 1. The molecule has 0 aromatic rings. The third-order valence-electron chi connectivity index (χ3n) is 4.50. The SMILES string of the molecule is [B]C([B])(OC(=O)[C@@H](N)C(C)C)[C@@]1(F)O[C@@]([B])(N2C=CC(=C)NC2=O)[C@H](O)[C@@H]1O. The second kappa shape index (κ2) is 7.22. The number of nitrogens with zero attached hydrogens (tertiary/aromatic N) is 1. The molecule has 0 aliphatic carbocycles. The van der Waals surface area contributed by atoms with E-state index in [1.54, 1.807) is 13.8 Å². The Labute approximate surface area is 165 Å². The number of nitrogens with two attached hydrogens (primary N) is 1. The number of aliphatic hydroxyl groups is 2. The molecule has 2 amide bonds. The lowest BCUT2D eigenvalue weighted by molar-refractivity contribution is -0.250. The zero-order valence-corrected chi connectivity index (χ0v) is 15.3. The molecule has 28 heavy (non-hydrogen) atoms. The summed E-state index contributed by atoms with van der Waals surface area (Å²) < 4.78 is 25.2. The van der Waals surface area contributed by atoms with Gasteiger partial charge in [-0.2, -0.15) is 0 Å². The maximum absolute atomic E-state index is 15.5. The number of nitrogens with one attached hydrogen (secondary N) is 1. The van der Waals surface area contributed by atoms with Gasteiger partial charge in [-0.15, -0.1) is 0 Å². The topological polar surface area (TPSA) is 134 Å². The monoisotopic (exact) mass is 389 g/mol. The normalized spacial score (nSPS) is 34.5. The summed E-state index contributed by atoms with van der Waals surface area (Å²) in [7, 11) is 17.0. The maximum atomic E-state index is 15.5. The first-order valence-corrected chi connectivity index (χ1v) is 8.25. The molecule has 9 nitrogen and oxygen atoms in total. The van der Waals surface area contributed by atoms with Gasteiger partial charge in [-0.05, 0) is 12.0 Å². The van der Waals surface area contributed by atoms with Crippen molar-refractivity contribution in [2.24, 2.45) is 11.7 Å². The summed E-state index contributed by atoms with van der Waals surface area (Å²) in [5.74, 6) is -5.18. The van der Waals surface area contributed by atoms with Crippen molar-refractivity contribution in [2.75, 3.05) is 0 Å². The highest BCUT2D eigenvalue weighted by molar-refractivity contribution is 6.40. The molecule has 13 heteroatoms. The van der Waals surface area contributed by atoms with E-state index in [-0.39, 0.29) is 5.70 Å². The van der Waals surface area contributed by atoms with Gasteiger partial charge in [0.1, 0.15) is 47.4 Å². The lowest BCUT2D eigenvalue weighted by atomic mass is 9.59. The Kier molecular flexibility index (Phi) is 5.79. The van der Waals surface area contributed by atoms with Gasteiger partial charge in [0.05, 0.1) is 5.40 Å². The van der Waals surface area contributed by atoms with Crippen LogP contribution in [0.5, 0.6) is 0 Å². The summed E-state index contributed by atoms with van der Waals surface area (Å²) in [6.45, 7) is 6.68. The van der Waals surface area contributed by atoms with Gasteiger partial charge >= 0.3 is 12.0 Å². The zero-order valence-electron chi connectivity index (χ0n) is 15.3. The number of urea groups is 1. The predicted molar refractivity (Wildman–Crippen MR) is 97.2 cm³/mol. The summed E-state index contributed by atoms with van der Waals surface area (Å²) in [6.07, 6.45) is -2.42. The summed E-state index contributed by atoms with van der Waals surface area (Å²) in [5, 5.41) is 19.6. The van der Waals surface area contributed by atoms with Crippen molar-refractivity contribution in [1.82, 2.24) is 10.2 Å². The third-order valence-corrected chi connectivity index (χ3v) is 4.50. The molecule has 5 N–H and O–H groups in total. The second-order valence-electron chi connectivity index (χ2n) is 7.01. The van der Waals surface area contributed by atoms with E-state index in [1.165, 1.54) is 6.08 Å². The van der Waals surface area contributed by atoms with Crippen molar-refractivity contribution < 1.29 is 33.7 Å². The molecule has 0 aromatic heterocycles. The molecule has 1 fully saturated rings. The lowest BCUT2D eigenvalue weighted by Gasteiger charge is -2.43. The van der Waals surface area contributed by atoms with Crippen molar-refractivity contribution >= 4 is 35.5 Å². The summed E-state index contributed by atoms with van der Waals surface area (Å²) in [6, 6.07) is -2.15. The first-order chi connectivity index (χ1) is 12.7. The number of hydrogen-bond donors (Lipinski definition) is 4. The van der Waals surface area contributed by atoms with Crippen LogP contribution in [0.2, 0.25) is 0 Å². The van der Waals surface area contributed by atoms with Crippen LogP contribution in [0.4, 0.5) is 9.18 Å². The molecular weight excluding hydrogens is 370 g/mol. The molecule has 0 saturated carbocycles. The maximum Gasteiger partial charge on any atom is 0.327 e. The van der Waals surface area contributed by atoms with Gasteiger partial charge in [-0.25, -0.2) is 9.18 Å². The minimum atomic E-state index is -3.60. The van der Waals surface area contributed by atoms with Crippen molar-refractivity contribution in [2.45, 2.75) is 49.0 Å². The Hall–Kier alpha value is -1.82. The molecule has 1 saturated heterocycles. The number of ether oxygens (including phenoxy) is 2. The highest BCUT2D eigenvalue weighted by Crippen LogP contribution is 2.46. The molecule has 2 aliphatic rings. The first-order valence-electron chi connectivity index (χ1n) is 8.25. The molecule has 0 spiro atoms. The van der Waals surface area contributed by atoms with Crippen LogP contribution in [0.15, 0.2) is 24.6 Å². The van der Waals surface area contributed by atoms with Crippen LogP contribution in [0.1, 0.15) is 13.8 Å². The van der Waals surface area contributed by atoms with E-state index in [0.29, 0.717) is 4.90 Å². The van der Waals surface area contributed by atoms with E-state index in [1.807, 2.05) is 0 Å². The molecule has 2 aliphatic heterocycles. The number of amides is 2. The van der Waals surface area contributed by atoms with Gasteiger partial charge in [0, 0.05) is 11.9 Å². The van der Waals surface area contributed by atoms with E-state index in [0.717, 1.165) is 6.20 Å². The Morgan fingerprint density at radius 2 is 2.07 bits per heavy atom. The molecule has 5 atom stereocenters.